The normalized spacial score (nSPS) is 13.3. The number of aliphatic hydroxyl groups excluding tert-OH is 1. The van der Waals surface area contributed by atoms with Gasteiger partial charge in [0.05, 0.1) is 6.10 Å². The highest BCUT2D eigenvalue weighted by Gasteiger charge is 2.08. The Labute approximate surface area is 88.6 Å². The van der Waals surface area contributed by atoms with Crippen LogP contribution in [0, 0.1) is 6.92 Å². The van der Waals surface area contributed by atoms with Crippen LogP contribution in [0.2, 0.25) is 0 Å². The van der Waals surface area contributed by atoms with Crippen LogP contribution >= 0.6 is 0 Å². The Kier molecular flexibility index (Phi) is 2.68. The van der Waals surface area contributed by atoms with Crippen molar-refractivity contribution < 1.29 is 5.11 Å². The fourth-order valence-corrected chi connectivity index (χ4v) is 1.67. The molecule has 0 fully saturated rings. The van der Waals surface area contributed by atoms with E-state index in [1.807, 2.05) is 26.0 Å². The number of hydrogen-bond donors (Lipinski definition) is 1. The Balaban J connectivity index is 2.44. The molecule has 0 radical (unpaired) electrons. The molecular formula is C11H15N3O. The summed E-state index contributed by atoms with van der Waals surface area (Å²) in [6.45, 7) is 4.00. The third-order valence-corrected chi connectivity index (χ3v) is 2.51. The third kappa shape index (κ3) is 1.99. The van der Waals surface area contributed by atoms with Crippen LogP contribution in [0.3, 0.4) is 0 Å². The fraction of sp³-hybridized carbons (Fsp3) is 0.455. The molecule has 0 aliphatic carbocycles. The van der Waals surface area contributed by atoms with Gasteiger partial charge in [-0.15, -0.1) is 0 Å². The number of nitrogens with zero attached hydrogens (tertiary/aromatic N) is 3. The SMILES string of the molecule is CCC(O)Cc1cc(C)cc2ncnn12. The maximum absolute atomic E-state index is 9.64. The largest absolute Gasteiger partial charge is 0.393 e. The van der Waals surface area contributed by atoms with Crippen LogP contribution in [0.25, 0.3) is 5.65 Å². The van der Waals surface area contributed by atoms with E-state index in [1.54, 1.807) is 4.52 Å². The minimum atomic E-state index is -0.306. The van der Waals surface area contributed by atoms with Crippen LogP contribution < -0.4 is 0 Å². The summed E-state index contributed by atoms with van der Waals surface area (Å²) in [4.78, 5) is 4.14. The molecule has 0 saturated carbocycles. The third-order valence-electron chi connectivity index (χ3n) is 2.51. The van der Waals surface area contributed by atoms with Crippen molar-refractivity contribution in [2.24, 2.45) is 0 Å². The summed E-state index contributed by atoms with van der Waals surface area (Å²) in [7, 11) is 0. The fourth-order valence-electron chi connectivity index (χ4n) is 1.67. The molecule has 15 heavy (non-hydrogen) atoms. The average Bonchev–Trinajstić information content (AvgIpc) is 2.65. The minimum Gasteiger partial charge on any atom is -0.393 e. The van der Waals surface area contributed by atoms with E-state index < -0.39 is 0 Å². The van der Waals surface area contributed by atoms with Gasteiger partial charge >= 0.3 is 0 Å². The highest BCUT2D eigenvalue weighted by molar-refractivity contribution is 5.41. The van der Waals surface area contributed by atoms with E-state index >= 15 is 0 Å². The van der Waals surface area contributed by atoms with Crippen molar-refractivity contribution in [2.45, 2.75) is 32.8 Å². The van der Waals surface area contributed by atoms with Gasteiger partial charge in [0.15, 0.2) is 5.65 Å². The van der Waals surface area contributed by atoms with Crippen LogP contribution in [-0.4, -0.2) is 25.8 Å². The molecule has 4 heteroatoms. The molecule has 1 N–H and O–H groups in total. The van der Waals surface area contributed by atoms with Gasteiger partial charge in [-0.3, -0.25) is 0 Å². The standard InChI is InChI=1S/C11H15N3O/c1-3-10(15)6-9-4-8(2)5-11-12-7-13-14(9)11/h4-5,7,10,15H,3,6H2,1-2H3. The molecule has 2 rings (SSSR count). The molecule has 80 valence electrons. The molecular weight excluding hydrogens is 190 g/mol. The van der Waals surface area contributed by atoms with E-state index in [2.05, 4.69) is 10.1 Å². The molecule has 0 bridgehead atoms. The van der Waals surface area contributed by atoms with Crippen molar-refractivity contribution in [3.05, 3.63) is 29.7 Å². The predicted molar refractivity (Wildman–Crippen MR) is 57.7 cm³/mol. The zero-order chi connectivity index (χ0) is 10.8. The lowest BCUT2D eigenvalue weighted by Gasteiger charge is -2.09. The summed E-state index contributed by atoms with van der Waals surface area (Å²) in [6.07, 6.45) is 2.61. The number of rotatable bonds is 3. The van der Waals surface area contributed by atoms with E-state index in [0.717, 1.165) is 23.3 Å². The second kappa shape index (κ2) is 3.98. The number of aliphatic hydroxyl groups is 1. The highest BCUT2D eigenvalue weighted by Crippen LogP contribution is 2.11. The molecule has 0 aromatic carbocycles. The molecule has 2 aromatic heterocycles. The van der Waals surface area contributed by atoms with Crippen LogP contribution in [0.1, 0.15) is 24.6 Å². The van der Waals surface area contributed by atoms with Crippen molar-refractivity contribution in [3.8, 4) is 0 Å². The minimum absolute atomic E-state index is 0.306. The molecule has 2 aromatic rings. The number of aromatic nitrogens is 3. The first-order valence-electron chi connectivity index (χ1n) is 5.18. The summed E-state index contributed by atoms with van der Waals surface area (Å²) < 4.78 is 1.78. The lowest BCUT2D eigenvalue weighted by Crippen LogP contribution is -2.12. The van der Waals surface area contributed by atoms with Gasteiger partial charge in [0, 0.05) is 12.1 Å². The van der Waals surface area contributed by atoms with Crippen molar-refractivity contribution in [2.75, 3.05) is 0 Å². The number of pyridine rings is 1. The molecule has 1 atom stereocenters. The van der Waals surface area contributed by atoms with Gasteiger partial charge in [0.25, 0.3) is 0 Å². The molecule has 1 unspecified atom stereocenters. The van der Waals surface area contributed by atoms with E-state index in [9.17, 15) is 5.11 Å². The maximum Gasteiger partial charge on any atom is 0.155 e. The Hall–Kier alpha value is -1.42. The van der Waals surface area contributed by atoms with Gasteiger partial charge in [-0.1, -0.05) is 6.92 Å². The van der Waals surface area contributed by atoms with Gasteiger partial charge in [-0.25, -0.2) is 9.50 Å². The summed E-state index contributed by atoms with van der Waals surface area (Å²) in [6, 6.07) is 4.02. The van der Waals surface area contributed by atoms with Crippen molar-refractivity contribution >= 4 is 5.65 Å². The van der Waals surface area contributed by atoms with Crippen LogP contribution in [0.4, 0.5) is 0 Å². The zero-order valence-electron chi connectivity index (χ0n) is 9.01. The zero-order valence-corrected chi connectivity index (χ0v) is 9.01. The summed E-state index contributed by atoms with van der Waals surface area (Å²) in [5.41, 5.74) is 3.00. The molecule has 0 saturated heterocycles. The highest BCUT2D eigenvalue weighted by atomic mass is 16.3. The first kappa shape index (κ1) is 10.1. The lowest BCUT2D eigenvalue weighted by molar-refractivity contribution is 0.169. The van der Waals surface area contributed by atoms with E-state index in [4.69, 9.17) is 0 Å². The Morgan fingerprint density at radius 2 is 2.27 bits per heavy atom. The van der Waals surface area contributed by atoms with Crippen molar-refractivity contribution in [1.82, 2.24) is 14.6 Å². The van der Waals surface area contributed by atoms with Gasteiger partial charge in [-0.2, -0.15) is 5.10 Å². The average molecular weight is 205 g/mol. The van der Waals surface area contributed by atoms with Gasteiger partial charge in [0.1, 0.15) is 6.33 Å². The van der Waals surface area contributed by atoms with Crippen LogP contribution in [0.15, 0.2) is 18.5 Å². The molecule has 0 amide bonds. The first-order valence-corrected chi connectivity index (χ1v) is 5.18. The lowest BCUT2D eigenvalue weighted by atomic mass is 10.1. The Morgan fingerprint density at radius 1 is 1.47 bits per heavy atom. The second-order valence-corrected chi connectivity index (χ2v) is 3.82. The topological polar surface area (TPSA) is 50.4 Å². The number of hydrogen-bond acceptors (Lipinski definition) is 3. The van der Waals surface area contributed by atoms with E-state index in [0.29, 0.717) is 6.42 Å². The molecule has 4 nitrogen and oxygen atoms in total. The summed E-state index contributed by atoms with van der Waals surface area (Å²) >= 11 is 0. The van der Waals surface area contributed by atoms with Crippen molar-refractivity contribution in [3.63, 3.8) is 0 Å². The molecule has 2 heterocycles. The monoisotopic (exact) mass is 205 g/mol. The van der Waals surface area contributed by atoms with E-state index in [1.165, 1.54) is 6.33 Å². The molecule has 0 aliphatic heterocycles. The number of aryl methyl sites for hydroxylation is 1. The van der Waals surface area contributed by atoms with Crippen LogP contribution in [0.5, 0.6) is 0 Å². The molecule has 0 aliphatic rings. The smallest absolute Gasteiger partial charge is 0.155 e. The summed E-state index contributed by atoms with van der Waals surface area (Å²) in [5.74, 6) is 0. The first-order chi connectivity index (χ1) is 7.20. The van der Waals surface area contributed by atoms with Crippen LogP contribution in [-0.2, 0) is 6.42 Å². The van der Waals surface area contributed by atoms with Gasteiger partial charge in [0.2, 0.25) is 0 Å². The quantitative estimate of drug-likeness (QED) is 0.823. The Bertz CT molecular complexity index is 464. The van der Waals surface area contributed by atoms with Gasteiger partial charge in [-0.05, 0) is 31.0 Å². The number of fused-ring (bicyclic) bond motifs is 1. The Morgan fingerprint density at radius 3 is 3.00 bits per heavy atom. The second-order valence-electron chi connectivity index (χ2n) is 3.82. The maximum atomic E-state index is 9.64. The van der Waals surface area contributed by atoms with E-state index in [-0.39, 0.29) is 6.10 Å². The predicted octanol–water partition coefficient (Wildman–Crippen LogP) is 1.35. The van der Waals surface area contributed by atoms with Gasteiger partial charge < -0.3 is 5.11 Å². The van der Waals surface area contributed by atoms with Crippen molar-refractivity contribution in [1.29, 1.82) is 0 Å². The summed E-state index contributed by atoms with van der Waals surface area (Å²) in [5, 5.41) is 13.8. The molecule has 0 spiro atoms.